The van der Waals surface area contributed by atoms with Gasteiger partial charge < -0.3 is 5.32 Å². The lowest BCUT2D eigenvalue weighted by atomic mass is 9.87. The number of aromatic nitrogens is 2. The van der Waals surface area contributed by atoms with Crippen LogP contribution in [0.15, 0.2) is 70.5 Å². The molecule has 0 bridgehead atoms. The van der Waals surface area contributed by atoms with Crippen LogP contribution in [0.3, 0.4) is 0 Å². The number of carbonyl (C=O) groups is 1. The number of hydrogen-bond donors (Lipinski definition) is 1. The van der Waals surface area contributed by atoms with Gasteiger partial charge in [-0.25, -0.2) is 4.98 Å². The van der Waals surface area contributed by atoms with Crippen molar-refractivity contribution in [3.8, 4) is 0 Å². The quantitative estimate of drug-likeness (QED) is 0.374. The highest BCUT2D eigenvalue weighted by Crippen LogP contribution is 2.30. The van der Waals surface area contributed by atoms with Crippen molar-refractivity contribution >= 4 is 39.7 Å². The minimum absolute atomic E-state index is 0.0412. The molecule has 0 saturated heterocycles. The lowest BCUT2D eigenvalue weighted by Crippen LogP contribution is -2.14. The molecule has 0 aliphatic rings. The molecular formula is C25H25N3O2S2. The van der Waals surface area contributed by atoms with Crippen LogP contribution in [0.25, 0.3) is 4.96 Å². The summed E-state index contributed by atoms with van der Waals surface area (Å²) >= 11 is 3.05. The molecule has 2 aromatic carbocycles. The zero-order valence-electron chi connectivity index (χ0n) is 18.5. The molecule has 0 atom stereocenters. The maximum absolute atomic E-state index is 12.8. The number of nitrogens with zero attached hydrogens (tertiary/aromatic N) is 2. The van der Waals surface area contributed by atoms with Gasteiger partial charge in [-0.05, 0) is 42.2 Å². The Labute approximate surface area is 195 Å². The molecule has 0 aliphatic heterocycles. The SMILES string of the molecule is Cc1cn2c(=O)cc(CSc3ccccc3NC(=O)c3ccc(C(C)(C)C)cc3)nc2s1. The number of fused-ring (bicyclic) bond motifs is 1. The normalized spacial score (nSPS) is 11.6. The fraction of sp³-hybridized carbons (Fsp3) is 0.240. The van der Waals surface area contributed by atoms with Gasteiger partial charge in [-0.1, -0.05) is 45.0 Å². The van der Waals surface area contributed by atoms with Crippen molar-refractivity contribution in [3.05, 3.63) is 92.8 Å². The molecule has 0 radical (unpaired) electrons. The van der Waals surface area contributed by atoms with Gasteiger partial charge >= 0.3 is 0 Å². The number of thioether (sulfide) groups is 1. The molecule has 32 heavy (non-hydrogen) atoms. The van der Waals surface area contributed by atoms with Crippen LogP contribution in [-0.4, -0.2) is 15.3 Å². The maximum Gasteiger partial charge on any atom is 0.258 e. The molecule has 2 aromatic heterocycles. The average molecular weight is 464 g/mol. The van der Waals surface area contributed by atoms with Crippen LogP contribution in [0.1, 0.15) is 47.3 Å². The summed E-state index contributed by atoms with van der Waals surface area (Å²) in [5.74, 6) is 0.390. The summed E-state index contributed by atoms with van der Waals surface area (Å²) < 4.78 is 1.58. The largest absolute Gasteiger partial charge is 0.321 e. The molecular weight excluding hydrogens is 438 g/mol. The highest BCUT2D eigenvalue weighted by Gasteiger charge is 2.15. The Morgan fingerprint density at radius 1 is 1.12 bits per heavy atom. The molecule has 0 unspecified atom stereocenters. The number of nitrogens with one attached hydrogen (secondary N) is 1. The standard InChI is InChI=1S/C25H25N3O2S2/c1-16-14-28-22(29)13-19(26-24(28)32-16)15-31-21-8-6-5-7-20(21)27-23(30)17-9-11-18(12-10-17)25(2,3)4/h5-14H,15H2,1-4H3,(H,27,30). The molecule has 0 spiro atoms. The van der Waals surface area contributed by atoms with E-state index >= 15 is 0 Å². The third-order valence-corrected chi connectivity index (χ3v) is 7.07. The molecule has 1 amide bonds. The average Bonchev–Trinajstić information content (AvgIpc) is 3.13. The van der Waals surface area contributed by atoms with E-state index < -0.39 is 0 Å². The van der Waals surface area contributed by atoms with Crippen molar-refractivity contribution < 1.29 is 4.79 Å². The summed E-state index contributed by atoms with van der Waals surface area (Å²) in [6.07, 6.45) is 1.81. The highest BCUT2D eigenvalue weighted by molar-refractivity contribution is 7.98. The fourth-order valence-electron chi connectivity index (χ4n) is 3.30. The molecule has 4 rings (SSSR count). The van der Waals surface area contributed by atoms with Crippen LogP contribution in [0, 0.1) is 6.92 Å². The van der Waals surface area contributed by atoms with Gasteiger partial charge in [0.2, 0.25) is 0 Å². The monoisotopic (exact) mass is 463 g/mol. The molecule has 0 saturated carbocycles. The van der Waals surface area contributed by atoms with Crippen molar-refractivity contribution in [2.75, 3.05) is 5.32 Å². The van der Waals surface area contributed by atoms with Gasteiger partial charge in [0.15, 0.2) is 4.96 Å². The molecule has 0 fully saturated rings. The van der Waals surface area contributed by atoms with Crippen molar-refractivity contribution in [2.24, 2.45) is 0 Å². The van der Waals surface area contributed by atoms with Crippen molar-refractivity contribution in [1.82, 2.24) is 9.38 Å². The van der Waals surface area contributed by atoms with Gasteiger partial charge in [0.25, 0.3) is 11.5 Å². The third kappa shape index (κ3) is 4.95. The van der Waals surface area contributed by atoms with E-state index in [1.54, 1.807) is 22.2 Å². The number of carbonyl (C=O) groups excluding carboxylic acids is 1. The molecule has 5 nitrogen and oxygen atoms in total. The van der Waals surface area contributed by atoms with E-state index in [4.69, 9.17) is 0 Å². The van der Waals surface area contributed by atoms with Gasteiger partial charge in [-0.2, -0.15) is 0 Å². The second kappa shape index (κ2) is 8.92. The Bertz CT molecular complexity index is 1330. The van der Waals surface area contributed by atoms with Crippen molar-refractivity contribution in [1.29, 1.82) is 0 Å². The summed E-state index contributed by atoms with van der Waals surface area (Å²) in [5.41, 5.74) is 3.24. The molecule has 7 heteroatoms. The van der Waals surface area contributed by atoms with Gasteiger partial charge in [0.05, 0.1) is 11.4 Å². The van der Waals surface area contributed by atoms with Crippen molar-refractivity contribution in [3.63, 3.8) is 0 Å². The number of aryl methyl sites for hydroxylation is 1. The number of benzene rings is 2. The maximum atomic E-state index is 12.8. The van der Waals surface area contributed by atoms with E-state index in [2.05, 4.69) is 31.1 Å². The van der Waals surface area contributed by atoms with Crippen molar-refractivity contribution in [2.45, 2.75) is 43.8 Å². The smallest absolute Gasteiger partial charge is 0.258 e. The Morgan fingerprint density at radius 2 is 1.84 bits per heavy atom. The van der Waals surface area contributed by atoms with Crippen LogP contribution >= 0.6 is 23.1 Å². The first-order chi connectivity index (χ1) is 15.2. The van der Waals surface area contributed by atoms with Gasteiger partial charge in [0, 0.05) is 33.4 Å². The van der Waals surface area contributed by atoms with Gasteiger partial charge in [0.1, 0.15) is 0 Å². The molecule has 1 N–H and O–H groups in total. The van der Waals surface area contributed by atoms with E-state index in [0.29, 0.717) is 16.3 Å². The second-order valence-electron chi connectivity index (χ2n) is 8.65. The second-order valence-corrected chi connectivity index (χ2v) is 10.9. The van der Waals surface area contributed by atoms with Crippen LogP contribution in [-0.2, 0) is 11.2 Å². The highest BCUT2D eigenvalue weighted by atomic mass is 32.2. The first-order valence-corrected chi connectivity index (χ1v) is 12.1. The number of hydrogen-bond acceptors (Lipinski definition) is 5. The van der Waals surface area contributed by atoms with E-state index in [9.17, 15) is 9.59 Å². The first-order valence-electron chi connectivity index (χ1n) is 10.3. The number of amides is 1. The topological polar surface area (TPSA) is 63.5 Å². The molecule has 164 valence electrons. The Morgan fingerprint density at radius 3 is 2.56 bits per heavy atom. The Hall–Kier alpha value is -2.90. The summed E-state index contributed by atoms with van der Waals surface area (Å²) in [7, 11) is 0. The van der Waals surface area contributed by atoms with E-state index in [0.717, 1.165) is 21.2 Å². The third-order valence-electron chi connectivity index (χ3n) is 5.06. The van der Waals surface area contributed by atoms with Gasteiger partial charge in [-0.3, -0.25) is 14.0 Å². The lowest BCUT2D eigenvalue weighted by Gasteiger charge is -2.19. The zero-order valence-corrected chi connectivity index (χ0v) is 20.1. The Kier molecular flexibility index (Phi) is 6.22. The first kappa shape index (κ1) is 22.3. The minimum Gasteiger partial charge on any atom is -0.321 e. The zero-order chi connectivity index (χ0) is 22.9. The van der Waals surface area contributed by atoms with E-state index in [1.807, 2.05) is 61.7 Å². The Balaban J connectivity index is 1.49. The van der Waals surface area contributed by atoms with E-state index in [1.165, 1.54) is 16.9 Å². The lowest BCUT2D eigenvalue weighted by molar-refractivity contribution is 0.102. The van der Waals surface area contributed by atoms with E-state index in [-0.39, 0.29) is 16.9 Å². The molecule has 2 heterocycles. The fourth-order valence-corrected chi connectivity index (χ4v) is 5.05. The predicted molar refractivity (Wildman–Crippen MR) is 133 cm³/mol. The molecule has 0 aliphatic carbocycles. The number of rotatable bonds is 5. The van der Waals surface area contributed by atoms with Crippen LogP contribution in [0.5, 0.6) is 0 Å². The summed E-state index contributed by atoms with van der Waals surface area (Å²) in [5, 5.41) is 3.02. The van der Waals surface area contributed by atoms with Crippen LogP contribution < -0.4 is 10.9 Å². The summed E-state index contributed by atoms with van der Waals surface area (Å²) in [4.78, 5) is 32.4. The molecule has 4 aromatic rings. The number of anilines is 1. The number of thiazole rings is 1. The van der Waals surface area contributed by atoms with Crippen LogP contribution in [0.2, 0.25) is 0 Å². The predicted octanol–water partition coefficient (Wildman–Crippen LogP) is 5.91. The number of para-hydroxylation sites is 1. The summed E-state index contributed by atoms with van der Waals surface area (Å²) in [6, 6.07) is 17.0. The summed E-state index contributed by atoms with van der Waals surface area (Å²) in [6.45, 7) is 8.41. The minimum atomic E-state index is -0.148. The van der Waals surface area contributed by atoms with Gasteiger partial charge in [-0.15, -0.1) is 23.1 Å². The van der Waals surface area contributed by atoms with Crippen LogP contribution in [0.4, 0.5) is 5.69 Å².